The van der Waals surface area contributed by atoms with Crippen LogP contribution in [-0.4, -0.2) is 31.2 Å². The minimum Gasteiger partial charge on any atom is -0.325 e. The highest BCUT2D eigenvalue weighted by atomic mass is 35.5. The minimum absolute atomic E-state index is 0.0113. The molecule has 2 aromatic rings. The van der Waals surface area contributed by atoms with E-state index in [1.165, 1.54) is 36.0 Å². The van der Waals surface area contributed by atoms with Gasteiger partial charge in [0, 0.05) is 28.0 Å². The van der Waals surface area contributed by atoms with Crippen molar-refractivity contribution in [2.45, 2.75) is 34.8 Å². The number of amides is 2. The molecule has 1 atom stereocenters. The molecule has 0 aromatic heterocycles. The zero-order valence-corrected chi connectivity index (χ0v) is 17.8. The molecule has 0 aliphatic carbocycles. The lowest BCUT2D eigenvalue weighted by atomic mass is 10.3. The van der Waals surface area contributed by atoms with E-state index in [4.69, 9.17) is 11.6 Å². The summed E-state index contributed by atoms with van der Waals surface area (Å²) in [6.07, 6.45) is -0.0114. The number of halogens is 2. The van der Waals surface area contributed by atoms with Crippen molar-refractivity contribution in [1.82, 2.24) is 0 Å². The molecule has 29 heavy (non-hydrogen) atoms. The van der Waals surface area contributed by atoms with Gasteiger partial charge in [0.2, 0.25) is 11.8 Å². The van der Waals surface area contributed by atoms with Gasteiger partial charge in [0.05, 0.1) is 22.0 Å². The molecule has 0 saturated carbocycles. The summed E-state index contributed by atoms with van der Waals surface area (Å²) >= 11 is 7.15. The molecule has 0 fully saturated rings. The van der Waals surface area contributed by atoms with Crippen LogP contribution < -0.4 is 10.6 Å². The summed E-state index contributed by atoms with van der Waals surface area (Å²) in [5.41, 5.74) is 0.369. The van der Waals surface area contributed by atoms with Gasteiger partial charge in [0.25, 0.3) is 0 Å². The fourth-order valence-corrected chi connectivity index (χ4v) is 5.25. The quantitative estimate of drug-likeness (QED) is 0.706. The van der Waals surface area contributed by atoms with Crippen molar-refractivity contribution in [3.8, 4) is 0 Å². The van der Waals surface area contributed by atoms with Crippen LogP contribution in [0.2, 0.25) is 5.02 Å². The zero-order valence-electron chi connectivity index (χ0n) is 15.4. The van der Waals surface area contributed by atoms with Crippen molar-refractivity contribution in [3.63, 3.8) is 0 Å². The predicted octanol–water partition coefficient (Wildman–Crippen LogP) is 4.10. The summed E-state index contributed by atoms with van der Waals surface area (Å²) in [4.78, 5) is 24.7. The van der Waals surface area contributed by atoms with E-state index in [9.17, 15) is 22.4 Å². The second-order valence-electron chi connectivity index (χ2n) is 6.58. The number of carbonyl (C=O) groups is 2. The van der Waals surface area contributed by atoms with Crippen molar-refractivity contribution in [3.05, 3.63) is 47.2 Å². The first-order valence-electron chi connectivity index (χ1n) is 8.72. The Morgan fingerprint density at radius 3 is 2.79 bits per heavy atom. The lowest BCUT2D eigenvalue weighted by Crippen LogP contribution is -2.18. The average Bonchev–Trinajstić information content (AvgIpc) is 2.78. The molecular weight excluding hydrogens is 439 g/mol. The number of hydrogen-bond acceptors (Lipinski definition) is 5. The maximum Gasteiger partial charge on any atom is 0.225 e. The summed E-state index contributed by atoms with van der Waals surface area (Å²) in [5.74, 6) is -1.98. The Kier molecular flexibility index (Phi) is 6.50. The van der Waals surface area contributed by atoms with Gasteiger partial charge in [-0.1, -0.05) is 18.5 Å². The Morgan fingerprint density at radius 1 is 1.31 bits per heavy atom. The summed E-state index contributed by atoms with van der Waals surface area (Å²) in [6, 6.07) is 8.29. The predicted molar refractivity (Wildman–Crippen MR) is 112 cm³/mol. The van der Waals surface area contributed by atoms with Crippen molar-refractivity contribution in [2.24, 2.45) is 0 Å². The van der Waals surface area contributed by atoms with Crippen molar-refractivity contribution in [1.29, 1.82) is 0 Å². The first kappa shape index (κ1) is 21.6. The van der Waals surface area contributed by atoms with Crippen LogP contribution in [0.1, 0.15) is 19.8 Å². The highest BCUT2D eigenvalue weighted by Gasteiger charge is 2.23. The Labute approximate surface area is 177 Å². The van der Waals surface area contributed by atoms with Crippen LogP contribution in [0, 0.1) is 5.82 Å². The smallest absolute Gasteiger partial charge is 0.225 e. The monoisotopic (exact) mass is 456 g/mol. The van der Waals surface area contributed by atoms with Crippen LogP contribution in [-0.2, 0) is 19.4 Å². The van der Waals surface area contributed by atoms with Gasteiger partial charge in [0.1, 0.15) is 5.82 Å². The molecule has 2 aromatic carbocycles. The van der Waals surface area contributed by atoms with Gasteiger partial charge in [-0.3, -0.25) is 9.59 Å². The minimum atomic E-state index is -3.78. The van der Waals surface area contributed by atoms with Gasteiger partial charge in [0.15, 0.2) is 9.84 Å². The molecule has 6 nitrogen and oxygen atoms in total. The van der Waals surface area contributed by atoms with Gasteiger partial charge in [-0.2, -0.15) is 0 Å². The summed E-state index contributed by atoms with van der Waals surface area (Å²) in [5, 5.41) is 5.32. The number of benzene rings is 2. The van der Waals surface area contributed by atoms with Crippen LogP contribution in [0.5, 0.6) is 0 Å². The highest BCUT2D eigenvalue weighted by molar-refractivity contribution is 8.00. The van der Waals surface area contributed by atoms with Gasteiger partial charge in [-0.15, -0.1) is 11.8 Å². The SMILES string of the molecule is CC1CC(=O)Nc2cc(S(=O)(=O)CCC(=O)Nc3ccc(Cl)cc3F)ccc2S1. The highest BCUT2D eigenvalue weighted by Crippen LogP contribution is 2.36. The Bertz CT molecular complexity index is 1080. The molecule has 0 spiro atoms. The number of fused-ring (bicyclic) bond motifs is 1. The molecule has 3 rings (SSSR count). The van der Waals surface area contributed by atoms with Crippen molar-refractivity contribution >= 4 is 56.4 Å². The van der Waals surface area contributed by atoms with E-state index in [0.717, 1.165) is 11.0 Å². The van der Waals surface area contributed by atoms with E-state index in [1.807, 2.05) is 6.92 Å². The van der Waals surface area contributed by atoms with E-state index < -0.39 is 27.3 Å². The summed E-state index contributed by atoms with van der Waals surface area (Å²) in [7, 11) is -3.78. The lowest BCUT2D eigenvalue weighted by Gasteiger charge is -2.11. The Hall–Kier alpha value is -2.10. The molecule has 1 heterocycles. The Morgan fingerprint density at radius 2 is 2.07 bits per heavy atom. The van der Waals surface area contributed by atoms with Gasteiger partial charge in [-0.05, 0) is 36.4 Å². The largest absolute Gasteiger partial charge is 0.325 e. The standard InChI is InChI=1S/C19H18ClFN2O4S2/c1-11-8-19(25)23-16-10-13(3-5-17(16)28-11)29(26,27)7-6-18(24)22-15-4-2-12(20)9-14(15)21/h2-5,9-11H,6-8H2,1H3,(H,22,24)(H,23,25). The van der Waals surface area contributed by atoms with Crippen LogP contribution in [0.4, 0.5) is 15.8 Å². The number of rotatable bonds is 5. The number of nitrogens with one attached hydrogen (secondary N) is 2. The third-order valence-electron chi connectivity index (χ3n) is 4.19. The van der Waals surface area contributed by atoms with Crippen LogP contribution >= 0.6 is 23.4 Å². The molecule has 0 bridgehead atoms. The molecular formula is C19H18ClFN2O4S2. The zero-order chi connectivity index (χ0) is 21.2. The number of anilines is 2. The molecule has 1 aliphatic rings. The first-order valence-corrected chi connectivity index (χ1v) is 11.6. The number of sulfone groups is 1. The van der Waals surface area contributed by atoms with Gasteiger partial charge >= 0.3 is 0 Å². The third kappa shape index (κ3) is 5.49. The number of thioether (sulfide) groups is 1. The number of hydrogen-bond donors (Lipinski definition) is 2. The van der Waals surface area contributed by atoms with Crippen LogP contribution in [0.15, 0.2) is 46.2 Å². The molecule has 1 unspecified atom stereocenters. The molecule has 10 heteroatoms. The summed E-state index contributed by atoms with van der Waals surface area (Å²) < 4.78 is 39.0. The third-order valence-corrected chi connectivity index (χ3v) is 7.32. The Balaban J connectivity index is 1.69. The van der Waals surface area contributed by atoms with E-state index in [0.29, 0.717) is 12.1 Å². The van der Waals surface area contributed by atoms with Crippen LogP contribution in [0.3, 0.4) is 0 Å². The molecule has 2 N–H and O–H groups in total. The van der Waals surface area contributed by atoms with Crippen molar-refractivity contribution < 1.29 is 22.4 Å². The molecule has 1 aliphatic heterocycles. The van der Waals surface area contributed by atoms with E-state index in [-0.39, 0.29) is 33.2 Å². The topological polar surface area (TPSA) is 92.3 Å². The van der Waals surface area contributed by atoms with Crippen molar-refractivity contribution in [2.75, 3.05) is 16.4 Å². The number of carbonyl (C=O) groups excluding carboxylic acids is 2. The van der Waals surface area contributed by atoms with Gasteiger partial charge < -0.3 is 10.6 Å². The maximum absolute atomic E-state index is 13.7. The molecule has 2 amide bonds. The molecule has 154 valence electrons. The summed E-state index contributed by atoms with van der Waals surface area (Å²) in [6.45, 7) is 1.92. The van der Waals surface area contributed by atoms with E-state index in [1.54, 1.807) is 6.07 Å². The van der Waals surface area contributed by atoms with E-state index >= 15 is 0 Å². The lowest BCUT2D eigenvalue weighted by molar-refractivity contribution is -0.116. The van der Waals surface area contributed by atoms with Crippen LogP contribution in [0.25, 0.3) is 0 Å². The fourth-order valence-electron chi connectivity index (χ4n) is 2.77. The van der Waals surface area contributed by atoms with E-state index in [2.05, 4.69) is 10.6 Å². The maximum atomic E-state index is 13.7. The normalized spacial score (nSPS) is 16.5. The second-order valence-corrected chi connectivity index (χ2v) is 10.6. The first-order chi connectivity index (χ1) is 13.6. The fraction of sp³-hybridized carbons (Fsp3) is 0.263. The average molecular weight is 457 g/mol. The second kappa shape index (κ2) is 8.73. The molecule has 0 saturated heterocycles. The molecule has 0 radical (unpaired) electrons. The van der Waals surface area contributed by atoms with Gasteiger partial charge in [-0.25, -0.2) is 12.8 Å².